The molecule has 1 aliphatic rings. The van der Waals surface area contributed by atoms with Crippen molar-refractivity contribution in [2.24, 2.45) is 0 Å². The summed E-state index contributed by atoms with van der Waals surface area (Å²) < 4.78 is 43.6. The normalized spacial score (nSPS) is 17.1. The first-order valence-electron chi connectivity index (χ1n) is 9.47. The minimum Gasteiger partial charge on any atom is -0.491 e. The number of halogens is 3. The molecule has 1 atom stereocenters. The van der Waals surface area contributed by atoms with E-state index in [-0.39, 0.29) is 17.6 Å². The fourth-order valence-corrected chi connectivity index (χ4v) is 3.25. The summed E-state index contributed by atoms with van der Waals surface area (Å²) in [7, 11) is 0. The summed E-state index contributed by atoms with van der Waals surface area (Å²) in [5.74, 6) is 0.576. The number of piperidine rings is 1. The highest BCUT2D eigenvalue weighted by Gasteiger charge is 2.31. The number of hydrogen-bond acceptors (Lipinski definition) is 5. The number of ether oxygens (including phenoxy) is 1. The van der Waals surface area contributed by atoms with Gasteiger partial charge in [-0.1, -0.05) is 0 Å². The predicted octanol–water partition coefficient (Wildman–Crippen LogP) is 3.92. The highest BCUT2D eigenvalue weighted by Crippen LogP contribution is 2.29. The number of pyridine rings is 2. The van der Waals surface area contributed by atoms with E-state index in [9.17, 15) is 18.0 Å². The van der Waals surface area contributed by atoms with Crippen molar-refractivity contribution < 1.29 is 22.7 Å². The van der Waals surface area contributed by atoms with Crippen LogP contribution in [0.1, 0.15) is 41.5 Å². The summed E-state index contributed by atoms with van der Waals surface area (Å²) >= 11 is 0. The van der Waals surface area contributed by atoms with Gasteiger partial charge in [-0.05, 0) is 51.0 Å². The van der Waals surface area contributed by atoms with E-state index in [2.05, 4.69) is 15.3 Å². The van der Waals surface area contributed by atoms with Crippen LogP contribution in [-0.2, 0) is 6.18 Å². The maximum Gasteiger partial charge on any atom is 0.417 e. The number of nitrogens with zero attached hydrogens (tertiary/aromatic N) is 3. The van der Waals surface area contributed by atoms with Gasteiger partial charge in [0, 0.05) is 31.0 Å². The fourth-order valence-electron chi connectivity index (χ4n) is 3.25. The summed E-state index contributed by atoms with van der Waals surface area (Å²) in [6, 6.07) is 5.71. The monoisotopic (exact) mass is 408 g/mol. The number of aryl methyl sites for hydroxylation is 1. The van der Waals surface area contributed by atoms with Crippen LogP contribution in [0.2, 0.25) is 0 Å². The molecule has 0 radical (unpaired) electrons. The van der Waals surface area contributed by atoms with Crippen LogP contribution in [0, 0.1) is 6.92 Å². The Hall–Kier alpha value is -2.84. The van der Waals surface area contributed by atoms with Gasteiger partial charge in [-0.15, -0.1) is 0 Å². The summed E-state index contributed by atoms with van der Waals surface area (Å²) in [6.07, 6.45) is -2.07. The Morgan fingerprint density at radius 3 is 2.76 bits per heavy atom. The lowest BCUT2D eigenvalue weighted by Crippen LogP contribution is -2.45. The van der Waals surface area contributed by atoms with Crippen LogP contribution in [0.5, 0.6) is 5.75 Å². The highest BCUT2D eigenvalue weighted by atomic mass is 19.4. The quantitative estimate of drug-likeness (QED) is 0.812. The van der Waals surface area contributed by atoms with Crippen LogP contribution < -0.4 is 10.1 Å². The first-order chi connectivity index (χ1) is 13.8. The number of likely N-dealkylation sites (tertiary alicyclic amines) is 1. The minimum atomic E-state index is -4.42. The zero-order chi connectivity index (χ0) is 21.0. The average molecular weight is 408 g/mol. The number of nitrogens with one attached hydrogen (secondary N) is 1. The molecule has 2 aromatic rings. The summed E-state index contributed by atoms with van der Waals surface area (Å²) in [4.78, 5) is 22.9. The Kier molecular flexibility index (Phi) is 6.24. The van der Waals surface area contributed by atoms with Gasteiger partial charge in [0.25, 0.3) is 5.91 Å². The molecule has 1 fully saturated rings. The second-order valence-electron chi connectivity index (χ2n) is 6.90. The maximum absolute atomic E-state index is 13.0. The topological polar surface area (TPSA) is 67.3 Å². The summed E-state index contributed by atoms with van der Waals surface area (Å²) in [6.45, 7) is 5.06. The molecule has 0 unspecified atom stereocenters. The minimum absolute atomic E-state index is 0.114. The summed E-state index contributed by atoms with van der Waals surface area (Å²) in [5.41, 5.74) is 0.204. The van der Waals surface area contributed by atoms with Crippen LogP contribution in [0.3, 0.4) is 0 Å². The molecular formula is C20H23F3N4O2. The van der Waals surface area contributed by atoms with Crippen molar-refractivity contribution in [1.29, 1.82) is 0 Å². The number of carbonyl (C=O) groups is 1. The first-order valence-corrected chi connectivity index (χ1v) is 9.47. The number of anilines is 1. The molecule has 1 saturated heterocycles. The van der Waals surface area contributed by atoms with E-state index >= 15 is 0 Å². The first kappa shape index (κ1) is 20.9. The maximum atomic E-state index is 13.0. The average Bonchev–Trinajstić information content (AvgIpc) is 2.69. The zero-order valence-electron chi connectivity index (χ0n) is 16.3. The van der Waals surface area contributed by atoms with Crippen molar-refractivity contribution in [3.05, 3.63) is 47.4 Å². The van der Waals surface area contributed by atoms with Crippen molar-refractivity contribution in [2.45, 2.75) is 38.9 Å². The van der Waals surface area contributed by atoms with E-state index in [1.807, 2.05) is 13.8 Å². The molecule has 156 valence electrons. The molecule has 0 spiro atoms. The van der Waals surface area contributed by atoms with Gasteiger partial charge in [0.2, 0.25) is 0 Å². The van der Waals surface area contributed by atoms with Gasteiger partial charge in [0.15, 0.2) is 11.4 Å². The molecule has 1 N–H and O–H groups in total. The number of hydrogen-bond donors (Lipinski definition) is 1. The molecule has 1 aliphatic heterocycles. The molecule has 0 aliphatic carbocycles. The van der Waals surface area contributed by atoms with E-state index in [1.54, 1.807) is 17.0 Å². The molecule has 3 heterocycles. The molecular weight excluding hydrogens is 385 g/mol. The van der Waals surface area contributed by atoms with Gasteiger partial charge in [-0.25, -0.2) is 9.97 Å². The number of alkyl halides is 3. The molecule has 1 amide bonds. The van der Waals surface area contributed by atoms with E-state index in [0.29, 0.717) is 31.3 Å². The van der Waals surface area contributed by atoms with Gasteiger partial charge in [0.1, 0.15) is 5.82 Å². The van der Waals surface area contributed by atoms with Crippen LogP contribution in [0.15, 0.2) is 30.5 Å². The zero-order valence-corrected chi connectivity index (χ0v) is 16.3. The van der Waals surface area contributed by atoms with Crippen LogP contribution in [-0.4, -0.2) is 46.5 Å². The molecule has 9 heteroatoms. The lowest BCUT2D eigenvalue weighted by Gasteiger charge is -2.33. The fraction of sp³-hybridized carbons (Fsp3) is 0.450. The SMILES string of the molecule is CCOc1ccc(C)nc1C(=O)N1CCC[C@@H](Nc2ccc(C(F)(F)F)cn2)C1. The second kappa shape index (κ2) is 8.67. The van der Waals surface area contributed by atoms with Crippen molar-refractivity contribution in [2.75, 3.05) is 25.0 Å². The number of rotatable bonds is 5. The Morgan fingerprint density at radius 1 is 1.31 bits per heavy atom. The van der Waals surface area contributed by atoms with Crippen LogP contribution in [0.25, 0.3) is 0 Å². The van der Waals surface area contributed by atoms with Crippen LogP contribution >= 0.6 is 0 Å². The van der Waals surface area contributed by atoms with Gasteiger partial charge in [-0.2, -0.15) is 13.2 Å². The third kappa shape index (κ3) is 5.16. The Labute approximate surface area is 167 Å². The van der Waals surface area contributed by atoms with Crippen molar-refractivity contribution in [3.8, 4) is 5.75 Å². The molecule has 29 heavy (non-hydrogen) atoms. The Morgan fingerprint density at radius 2 is 2.10 bits per heavy atom. The number of carbonyl (C=O) groups excluding carboxylic acids is 1. The standard InChI is InChI=1S/C20H23F3N4O2/c1-3-29-16-8-6-13(2)25-18(16)19(28)27-10-4-5-15(12-27)26-17-9-7-14(11-24-17)20(21,22)23/h6-9,11,15H,3-5,10,12H2,1-2H3,(H,24,26)/t15-/m1/s1. The van der Waals surface area contributed by atoms with Crippen molar-refractivity contribution >= 4 is 11.7 Å². The Bertz CT molecular complexity index is 856. The molecule has 2 aromatic heterocycles. The van der Waals surface area contributed by atoms with Gasteiger partial charge < -0.3 is 15.0 Å². The van der Waals surface area contributed by atoms with E-state index in [4.69, 9.17) is 4.74 Å². The molecule has 0 aromatic carbocycles. The number of aromatic nitrogens is 2. The third-order valence-electron chi connectivity index (χ3n) is 4.65. The second-order valence-corrected chi connectivity index (χ2v) is 6.90. The van der Waals surface area contributed by atoms with Crippen molar-refractivity contribution in [1.82, 2.24) is 14.9 Å². The molecule has 0 saturated carbocycles. The van der Waals surface area contributed by atoms with Crippen molar-refractivity contribution in [3.63, 3.8) is 0 Å². The predicted molar refractivity (Wildman–Crippen MR) is 102 cm³/mol. The van der Waals surface area contributed by atoms with E-state index in [0.717, 1.165) is 30.8 Å². The van der Waals surface area contributed by atoms with Gasteiger partial charge >= 0.3 is 6.18 Å². The number of amides is 1. The highest BCUT2D eigenvalue weighted by molar-refractivity contribution is 5.95. The van der Waals surface area contributed by atoms with E-state index < -0.39 is 11.7 Å². The summed E-state index contributed by atoms with van der Waals surface area (Å²) in [5, 5.41) is 3.12. The molecule has 6 nitrogen and oxygen atoms in total. The smallest absolute Gasteiger partial charge is 0.417 e. The van der Waals surface area contributed by atoms with Gasteiger partial charge in [-0.3, -0.25) is 4.79 Å². The molecule has 3 rings (SSSR count). The third-order valence-corrected chi connectivity index (χ3v) is 4.65. The van der Waals surface area contributed by atoms with Gasteiger partial charge in [0.05, 0.1) is 12.2 Å². The largest absolute Gasteiger partial charge is 0.491 e. The van der Waals surface area contributed by atoms with E-state index in [1.165, 1.54) is 6.07 Å². The van der Waals surface area contributed by atoms with Crippen LogP contribution in [0.4, 0.5) is 19.0 Å². The Balaban J connectivity index is 1.69. The lowest BCUT2D eigenvalue weighted by atomic mass is 10.0. The lowest BCUT2D eigenvalue weighted by molar-refractivity contribution is -0.137. The molecule has 0 bridgehead atoms.